The maximum absolute atomic E-state index is 13.0. The van der Waals surface area contributed by atoms with E-state index < -0.39 is 0 Å². The van der Waals surface area contributed by atoms with Crippen LogP contribution in [0.4, 0.5) is 10.8 Å². The van der Waals surface area contributed by atoms with Gasteiger partial charge in [0.15, 0.2) is 5.13 Å². The molecule has 0 unspecified atom stereocenters. The molecule has 0 saturated carbocycles. The van der Waals surface area contributed by atoms with Crippen molar-refractivity contribution < 1.29 is 14.3 Å². The monoisotopic (exact) mass is 449 g/mol. The zero-order valence-electron chi connectivity index (χ0n) is 18.8. The largest absolute Gasteiger partial charge is 0.496 e. The number of hydrogen-bond donors (Lipinski definition) is 0. The zero-order valence-corrected chi connectivity index (χ0v) is 19.6. The molecule has 1 aliphatic heterocycles. The molecule has 0 bridgehead atoms. The number of carbonyl (C=O) groups is 2. The number of aromatic nitrogens is 1. The lowest BCUT2D eigenvalue weighted by Crippen LogP contribution is -2.38. The van der Waals surface area contributed by atoms with Crippen LogP contribution in [-0.2, 0) is 11.2 Å². The van der Waals surface area contributed by atoms with Crippen LogP contribution in [0.1, 0.15) is 36.2 Å². The van der Waals surface area contributed by atoms with Crippen LogP contribution in [0.2, 0.25) is 0 Å². The van der Waals surface area contributed by atoms with E-state index in [0.29, 0.717) is 16.4 Å². The number of para-hydroxylation sites is 1. The van der Waals surface area contributed by atoms with Crippen LogP contribution in [0.3, 0.4) is 0 Å². The second-order valence-electron chi connectivity index (χ2n) is 8.17. The topological polar surface area (TPSA) is 62.7 Å². The number of ether oxygens (including phenoxy) is 1. The second-order valence-corrected chi connectivity index (χ2v) is 9.01. The summed E-state index contributed by atoms with van der Waals surface area (Å²) in [5, 5.41) is 2.58. The molecular formula is C25H27N3O3S. The van der Waals surface area contributed by atoms with Gasteiger partial charge in [-0.1, -0.05) is 32.0 Å². The van der Waals surface area contributed by atoms with Gasteiger partial charge in [0.1, 0.15) is 5.75 Å². The number of carbonyl (C=O) groups excluding carboxylic acids is 2. The molecule has 1 aliphatic rings. The van der Waals surface area contributed by atoms with Crippen molar-refractivity contribution in [3.05, 3.63) is 59.0 Å². The highest BCUT2D eigenvalue weighted by Gasteiger charge is 2.25. The Kier molecular flexibility index (Phi) is 6.28. The zero-order chi connectivity index (χ0) is 22.8. The summed E-state index contributed by atoms with van der Waals surface area (Å²) in [6, 6.07) is 13.3. The minimum Gasteiger partial charge on any atom is -0.496 e. The van der Waals surface area contributed by atoms with Gasteiger partial charge in [0.2, 0.25) is 5.91 Å². The van der Waals surface area contributed by atoms with Gasteiger partial charge in [0.25, 0.3) is 5.91 Å². The molecule has 32 heavy (non-hydrogen) atoms. The molecule has 0 fully saturated rings. The number of nitrogens with zero attached hydrogens (tertiary/aromatic N) is 3. The summed E-state index contributed by atoms with van der Waals surface area (Å²) < 4.78 is 5.33. The predicted octanol–water partition coefficient (Wildman–Crippen LogP) is 5.03. The molecule has 0 atom stereocenters. The van der Waals surface area contributed by atoms with Crippen LogP contribution < -0.4 is 14.5 Å². The summed E-state index contributed by atoms with van der Waals surface area (Å²) in [6.07, 6.45) is 1.89. The molecule has 0 spiro atoms. The third-order valence-electron chi connectivity index (χ3n) is 5.67. The second kappa shape index (κ2) is 9.12. The molecule has 2 aromatic carbocycles. The summed E-state index contributed by atoms with van der Waals surface area (Å²) >= 11 is 1.42. The number of amides is 2. The highest BCUT2D eigenvalue weighted by molar-refractivity contribution is 7.14. The Balaban J connectivity index is 1.59. The van der Waals surface area contributed by atoms with Crippen LogP contribution in [0.5, 0.6) is 5.75 Å². The third kappa shape index (κ3) is 4.12. The maximum atomic E-state index is 13.0. The number of rotatable bonds is 5. The number of methoxy groups -OCH3 is 1. The number of fused-ring (bicyclic) bond motifs is 1. The Morgan fingerprint density at radius 2 is 1.97 bits per heavy atom. The summed E-state index contributed by atoms with van der Waals surface area (Å²) in [5.74, 6) is 0.497. The van der Waals surface area contributed by atoms with Gasteiger partial charge in [-0.05, 0) is 42.7 Å². The van der Waals surface area contributed by atoms with E-state index in [4.69, 9.17) is 9.72 Å². The number of thiazole rings is 1. The molecule has 6 nitrogen and oxygen atoms in total. The third-order valence-corrected chi connectivity index (χ3v) is 6.59. The van der Waals surface area contributed by atoms with E-state index in [1.54, 1.807) is 31.2 Å². The first-order valence-electron chi connectivity index (χ1n) is 10.7. The van der Waals surface area contributed by atoms with Crippen molar-refractivity contribution >= 4 is 34.0 Å². The first kappa shape index (κ1) is 22.0. The predicted molar refractivity (Wildman–Crippen MR) is 129 cm³/mol. The van der Waals surface area contributed by atoms with Crippen molar-refractivity contribution in [2.45, 2.75) is 26.7 Å². The van der Waals surface area contributed by atoms with Crippen molar-refractivity contribution in [2.24, 2.45) is 5.92 Å². The van der Waals surface area contributed by atoms with E-state index in [0.717, 1.165) is 41.9 Å². The smallest absolute Gasteiger partial charge is 0.263 e. The minimum atomic E-state index is -0.170. The Morgan fingerprint density at radius 1 is 1.19 bits per heavy atom. The lowest BCUT2D eigenvalue weighted by Gasteiger charge is -2.31. The molecule has 2 amide bonds. The normalized spacial score (nSPS) is 13.1. The molecule has 7 heteroatoms. The molecule has 0 radical (unpaired) electrons. The lowest BCUT2D eigenvalue weighted by molar-refractivity contribution is -0.121. The molecule has 1 aromatic heterocycles. The quantitative estimate of drug-likeness (QED) is 0.548. The standard InChI is InChI=1S/C25H27N3O3S/c1-16(2)23(29)28-13-7-8-18-14-17(11-12-21(18)28)20-15-32-25(26-20)27(3)24(30)19-9-5-6-10-22(19)31-4/h5-6,9-12,14-16H,7-8,13H2,1-4H3. The molecule has 4 rings (SSSR count). The van der Waals surface area contributed by atoms with E-state index in [9.17, 15) is 9.59 Å². The van der Waals surface area contributed by atoms with Crippen molar-refractivity contribution in [1.82, 2.24) is 4.98 Å². The van der Waals surface area contributed by atoms with Crippen LogP contribution in [0.15, 0.2) is 47.8 Å². The maximum Gasteiger partial charge on any atom is 0.263 e. The average molecular weight is 450 g/mol. The molecule has 166 valence electrons. The molecule has 2 heterocycles. The van der Waals surface area contributed by atoms with E-state index in [2.05, 4.69) is 6.07 Å². The summed E-state index contributed by atoms with van der Waals surface area (Å²) in [7, 11) is 3.28. The molecule has 0 saturated heterocycles. The van der Waals surface area contributed by atoms with Gasteiger partial charge in [-0.2, -0.15) is 0 Å². The molecule has 3 aromatic rings. The first-order valence-corrected chi connectivity index (χ1v) is 11.6. The average Bonchev–Trinajstić information content (AvgIpc) is 3.32. The van der Waals surface area contributed by atoms with E-state index in [1.807, 2.05) is 48.4 Å². The lowest BCUT2D eigenvalue weighted by atomic mass is 9.97. The summed E-state index contributed by atoms with van der Waals surface area (Å²) in [4.78, 5) is 33.7. The highest BCUT2D eigenvalue weighted by Crippen LogP contribution is 2.34. The number of hydrogen-bond acceptors (Lipinski definition) is 5. The fraction of sp³-hybridized carbons (Fsp3) is 0.320. The van der Waals surface area contributed by atoms with E-state index >= 15 is 0 Å². The molecule has 0 aliphatic carbocycles. The van der Waals surface area contributed by atoms with Crippen molar-refractivity contribution in [3.63, 3.8) is 0 Å². The Morgan fingerprint density at radius 3 is 2.72 bits per heavy atom. The van der Waals surface area contributed by atoms with Crippen molar-refractivity contribution in [1.29, 1.82) is 0 Å². The highest BCUT2D eigenvalue weighted by atomic mass is 32.1. The van der Waals surface area contributed by atoms with Crippen LogP contribution >= 0.6 is 11.3 Å². The molecular weight excluding hydrogens is 422 g/mol. The van der Waals surface area contributed by atoms with E-state index in [1.165, 1.54) is 11.3 Å². The van der Waals surface area contributed by atoms with Gasteiger partial charge in [0, 0.05) is 36.1 Å². The number of benzene rings is 2. The van der Waals surface area contributed by atoms with Gasteiger partial charge in [0.05, 0.1) is 18.4 Å². The van der Waals surface area contributed by atoms with E-state index in [-0.39, 0.29) is 17.7 Å². The first-order chi connectivity index (χ1) is 15.4. The molecule has 0 N–H and O–H groups in total. The van der Waals surface area contributed by atoms with Crippen molar-refractivity contribution in [2.75, 3.05) is 30.5 Å². The Hall–Kier alpha value is -3.19. The van der Waals surface area contributed by atoms with Gasteiger partial charge in [-0.15, -0.1) is 11.3 Å². The number of aryl methyl sites for hydroxylation is 1. The van der Waals surface area contributed by atoms with Crippen LogP contribution in [-0.4, -0.2) is 37.5 Å². The minimum absolute atomic E-state index is 0.0296. The Labute approximate surface area is 192 Å². The summed E-state index contributed by atoms with van der Waals surface area (Å²) in [5.41, 5.74) is 4.47. The van der Waals surface area contributed by atoms with Gasteiger partial charge >= 0.3 is 0 Å². The fourth-order valence-electron chi connectivity index (χ4n) is 3.94. The summed E-state index contributed by atoms with van der Waals surface area (Å²) in [6.45, 7) is 4.63. The Bertz CT molecular complexity index is 1150. The van der Waals surface area contributed by atoms with Gasteiger partial charge in [-0.3, -0.25) is 14.5 Å². The van der Waals surface area contributed by atoms with Gasteiger partial charge < -0.3 is 9.64 Å². The fourth-order valence-corrected chi connectivity index (χ4v) is 4.73. The number of anilines is 2. The van der Waals surface area contributed by atoms with Crippen LogP contribution in [0.25, 0.3) is 11.3 Å². The van der Waals surface area contributed by atoms with Gasteiger partial charge in [-0.25, -0.2) is 4.98 Å². The van der Waals surface area contributed by atoms with Crippen LogP contribution in [0, 0.1) is 5.92 Å². The SMILES string of the molecule is COc1ccccc1C(=O)N(C)c1nc(-c2ccc3c(c2)CCCN3C(=O)C(C)C)cs1. The van der Waals surface area contributed by atoms with Crippen molar-refractivity contribution in [3.8, 4) is 17.0 Å².